The molecule has 0 amide bonds. The van der Waals surface area contributed by atoms with Gasteiger partial charge in [-0.1, -0.05) is 12.1 Å². The van der Waals surface area contributed by atoms with E-state index in [1.807, 2.05) is 26.5 Å². The number of piperidine rings is 1. The van der Waals surface area contributed by atoms with Gasteiger partial charge in [0.1, 0.15) is 5.65 Å². The zero-order valence-electron chi connectivity index (χ0n) is 24.6. The number of likely N-dealkylation sites (tertiary alicyclic amines) is 1. The topological polar surface area (TPSA) is 96.1 Å². The van der Waals surface area contributed by atoms with E-state index in [0.717, 1.165) is 61.5 Å². The molecule has 3 aromatic heterocycles. The third-order valence-electron chi connectivity index (χ3n) is 8.59. The van der Waals surface area contributed by atoms with Crippen LogP contribution in [0.3, 0.4) is 0 Å². The molecular formula is C31H41N9O. The maximum atomic E-state index is 14.0. The summed E-state index contributed by atoms with van der Waals surface area (Å²) in [6, 6.07) is 10.8. The third-order valence-corrected chi connectivity index (χ3v) is 8.59. The average Bonchev–Trinajstić information content (AvgIpc) is 3.58. The molecule has 2 N–H and O–H groups in total. The number of hydrogen-bond donors (Lipinski definition) is 2. The maximum Gasteiger partial charge on any atom is 0.261 e. The second-order valence-electron chi connectivity index (χ2n) is 11.9. The number of pyridine rings is 1. The van der Waals surface area contributed by atoms with Crippen molar-refractivity contribution in [2.45, 2.75) is 44.7 Å². The van der Waals surface area contributed by atoms with Crippen molar-refractivity contribution in [2.75, 3.05) is 59.2 Å². The molecule has 0 bridgehead atoms. The molecule has 5 heterocycles. The minimum Gasteiger partial charge on any atom is -0.330 e. The van der Waals surface area contributed by atoms with Crippen molar-refractivity contribution in [3.63, 3.8) is 0 Å². The SMILES string of the molecule is Cc1c(-c2cc3cnc(Nc4ccc(C5CCN(C)C5)cc4)nc3n(CCN(C)C)c2=O)ncn1C1CCCNC1. The van der Waals surface area contributed by atoms with Crippen molar-refractivity contribution in [3.8, 4) is 11.3 Å². The minimum absolute atomic E-state index is 0.0787. The van der Waals surface area contributed by atoms with Gasteiger partial charge in [-0.3, -0.25) is 9.36 Å². The molecule has 0 radical (unpaired) electrons. The summed E-state index contributed by atoms with van der Waals surface area (Å²) in [5, 5.41) is 7.64. The summed E-state index contributed by atoms with van der Waals surface area (Å²) in [4.78, 5) is 32.6. The Balaban J connectivity index is 1.33. The standard InChI is InChI=1S/C31H41N9O/c1-21-28(34-20-40(21)26-6-5-12-32-18-26)27-16-24-17-33-31(36-29(24)39(30(27)41)15-14-37(2)3)35-25-9-7-22(8-10-25)23-11-13-38(4)19-23/h7-10,16-17,20,23,26,32H,5-6,11-15,18-19H2,1-4H3,(H,33,35,36). The first kappa shape index (κ1) is 27.6. The van der Waals surface area contributed by atoms with E-state index in [9.17, 15) is 4.79 Å². The minimum atomic E-state index is -0.0787. The number of benzene rings is 1. The van der Waals surface area contributed by atoms with Gasteiger partial charge in [0.05, 0.1) is 17.6 Å². The first-order chi connectivity index (χ1) is 19.9. The highest BCUT2D eigenvalue weighted by atomic mass is 16.1. The molecule has 0 spiro atoms. The van der Waals surface area contributed by atoms with Gasteiger partial charge in [-0.2, -0.15) is 4.98 Å². The van der Waals surface area contributed by atoms with E-state index in [4.69, 9.17) is 9.97 Å². The van der Waals surface area contributed by atoms with Crippen molar-refractivity contribution in [2.24, 2.45) is 0 Å². The van der Waals surface area contributed by atoms with E-state index >= 15 is 0 Å². The molecule has 2 atom stereocenters. The highest BCUT2D eigenvalue weighted by molar-refractivity contribution is 5.81. The van der Waals surface area contributed by atoms with E-state index in [1.54, 1.807) is 10.8 Å². The number of nitrogens with one attached hydrogen (secondary N) is 2. The van der Waals surface area contributed by atoms with Gasteiger partial charge in [-0.15, -0.1) is 0 Å². The second kappa shape index (κ2) is 11.7. The van der Waals surface area contributed by atoms with E-state index < -0.39 is 0 Å². The summed E-state index contributed by atoms with van der Waals surface area (Å²) in [7, 11) is 6.20. The highest BCUT2D eigenvalue weighted by Crippen LogP contribution is 2.29. The van der Waals surface area contributed by atoms with Crippen LogP contribution >= 0.6 is 0 Å². The molecule has 2 aliphatic heterocycles. The van der Waals surface area contributed by atoms with Gasteiger partial charge in [0.15, 0.2) is 0 Å². The van der Waals surface area contributed by atoms with Crippen molar-refractivity contribution in [1.29, 1.82) is 0 Å². The van der Waals surface area contributed by atoms with Crippen molar-refractivity contribution < 1.29 is 0 Å². The van der Waals surface area contributed by atoms with E-state index in [1.165, 1.54) is 12.0 Å². The van der Waals surface area contributed by atoms with Crippen molar-refractivity contribution >= 4 is 22.7 Å². The number of fused-ring (bicyclic) bond motifs is 1. The van der Waals surface area contributed by atoms with E-state index in [-0.39, 0.29) is 5.56 Å². The largest absolute Gasteiger partial charge is 0.330 e. The van der Waals surface area contributed by atoms with Crippen LogP contribution in [0.5, 0.6) is 0 Å². The molecule has 2 saturated heterocycles. The summed E-state index contributed by atoms with van der Waals surface area (Å²) < 4.78 is 3.99. The fourth-order valence-electron chi connectivity index (χ4n) is 6.20. The zero-order valence-corrected chi connectivity index (χ0v) is 24.6. The van der Waals surface area contributed by atoms with E-state index in [2.05, 4.69) is 68.2 Å². The lowest BCUT2D eigenvalue weighted by Crippen LogP contribution is -2.31. The number of anilines is 2. The lowest BCUT2D eigenvalue weighted by Gasteiger charge is -2.25. The Morgan fingerprint density at radius 3 is 2.68 bits per heavy atom. The molecule has 10 heteroatoms. The molecule has 2 fully saturated rings. The number of likely N-dealkylation sites (N-methyl/N-ethyl adjacent to an activating group) is 2. The van der Waals surface area contributed by atoms with Crippen molar-refractivity contribution in [3.05, 3.63) is 64.5 Å². The van der Waals surface area contributed by atoms with Crippen molar-refractivity contribution in [1.82, 2.24) is 39.2 Å². The highest BCUT2D eigenvalue weighted by Gasteiger charge is 2.23. The second-order valence-corrected chi connectivity index (χ2v) is 11.9. The predicted molar refractivity (Wildman–Crippen MR) is 164 cm³/mol. The van der Waals surface area contributed by atoms with Gasteiger partial charge in [-0.05, 0) is 90.1 Å². The van der Waals surface area contributed by atoms with Gasteiger partial charge >= 0.3 is 0 Å². The van der Waals surface area contributed by atoms with Gasteiger partial charge in [0, 0.05) is 55.2 Å². The lowest BCUT2D eigenvalue weighted by molar-refractivity contribution is 0.367. The fourth-order valence-corrected chi connectivity index (χ4v) is 6.20. The number of hydrogen-bond acceptors (Lipinski definition) is 8. The van der Waals surface area contributed by atoms with E-state index in [0.29, 0.717) is 42.2 Å². The maximum absolute atomic E-state index is 14.0. The summed E-state index contributed by atoms with van der Waals surface area (Å²) in [6.07, 6.45) is 7.14. The monoisotopic (exact) mass is 555 g/mol. The Morgan fingerprint density at radius 2 is 1.98 bits per heavy atom. The molecule has 0 aliphatic carbocycles. The Labute approximate surface area is 241 Å². The van der Waals surface area contributed by atoms with Gasteiger partial charge in [-0.25, -0.2) is 9.97 Å². The molecule has 216 valence electrons. The first-order valence-corrected chi connectivity index (χ1v) is 14.7. The molecule has 2 unspecified atom stereocenters. The summed E-state index contributed by atoms with van der Waals surface area (Å²) in [6.45, 7) is 7.51. The molecule has 10 nitrogen and oxygen atoms in total. The molecule has 6 rings (SSSR count). The summed E-state index contributed by atoms with van der Waals surface area (Å²) in [5.41, 5.74) is 5.17. The van der Waals surface area contributed by atoms with Crippen LogP contribution in [0.2, 0.25) is 0 Å². The zero-order chi connectivity index (χ0) is 28.5. The quantitative estimate of drug-likeness (QED) is 0.341. The molecule has 2 aliphatic rings. The Kier molecular flexibility index (Phi) is 7.88. The van der Waals surface area contributed by atoms with Gasteiger partial charge in [0.25, 0.3) is 5.56 Å². The Morgan fingerprint density at radius 1 is 1.15 bits per heavy atom. The summed E-state index contributed by atoms with van der Waals surface area (Å²) in [5.74, 6) is 1.06. The van der Waals surface area contributed by atoms with Crippen LogP contribution in [0.1, 0.15) is 42.5 Å². The Bertz CT molecular complexity index is 1570. The molecular weight excluding hydrogens is 514 g/mol. The van der Waals surface area contributed by atoms with Gasteiger partial charge < -0.3 is 25.0 Å². The normalized spacial score (nSPS) is 19.8. The number of imidazole rings is 1. The van der Waals surface area contributed by atoms with Crippen LogP contribution in [-0.2, 0) is 6.54 Å². The molecule has 4 aromatic rings. The van der Waals surface area contributed by atoms with Crippen LogP contribution < -0.4 is 16.2 Å². The average molecular weight is 556 g/mol. The third kappa shape index (κ3) is 5.77. The smallest absolute Gasteiger partial charge is 0.261 e. The van der Waals surface area contributed by atoms with Crippen LogP contribution in [0, 0.1) is 6.92 Å². The van der Waals surface area contributed by atoms with Gasteiger partial charge in [0.2, 0.25) is 5.95 Å². The van der Waals surface area contributed by atoms with Crippen LogP contribution in [0.15, 0.2) is 47.7 Å². The number of nitrogens with zero attached hydrogens (tertiary/aromatic N) is 7. The predicted octanol–water partition coefficient (Wildman–Crippen LogP) is 3.61. The van der Waals surface area contributed by atoms with Crippen LogP contribution in [0.4, 0.5) is 11.6 Å². The lowest BCUT2D eigenvalue weighted by atomic mass is 9.98. The molecule has 0 saturated carbocycles. The summed E-state index contributed by atoms with van der Waals surface area (Å²) >= 11 is 0. The first-order valence-electron chi connectivity index (χ1n) is 14.7. The molecule has 1 aromatic carbocycles. The molecule has 41 heavy (non-hydrogen) atoms. The number of rotatable bonds is 8. The number of aromatic nitrogens is 5. The van der Waals surface area contributed by atoms with Crippen LogP contribution in [0.25, 0.3) is 22.3 Å². The van der Waals surface area contributed by atoms with Crippen LogP contribution in [-0.4, -0.2) is 87.8 Å². The Hall–Kier alpha value is -3.60. The fraction of sp³-hybridized carbons (Fsp3) is 0.484.